The number of hydrogen-bond acceptors (Lipinski definition) is 6. The molecule has 4 rings (SSSR count). The van der Waals surface area contributed by atoms with Gasteiger partial charge in [0.05, 0.1) is 12.2 Å². The van der Waals surface area contributed by atoms with Crippen molar-refractivity contribution in [1.82, 2.24) is 10.2 Å². The number of Topliss-reactive ketones (excluding diaryl/α,β-unsaturated/α-hetero) is 1. The quantitative estimate of drug-likeness (QED) is 0.449. The van der Waals surface area contributed by atoms with E-state index in [2.05, 4.69) is 10.2 Å². The molecule has 0 unspecified atom stereocenters. The molecule has 1 fully saturated rings. The van der Waals surface area contributed by atoms with Gasteiger partial charge in [-0.05, 0) is 36.2 Å². The molecule has 2 aromatic carbocycles. The van der Waals surface area contributed by atoms with Crippen LogP contribution in [0.4, 0.5) is 5.69 Å². The van der Waals surface area contributed by atoms with E-state index in [1.807, 2.05) is 42.5 Å². The number of rotatable bonds is 7. The van der Waals surface area contributed by atoms with Gasteiger partial charge >= 0.3 is 0 Å². The third-order valence-corrected chi connectivity index (χ3v) is 5.37. The molecule has 28 heavy (non-hydrogen) atoms. The zero-order valence-corrected chi connectivity index (χ0v) is 16.0. The van der Waals surface area contributed by atoms with E-state index in [1.54, 1.807) is 17.0 Å². The second kappa shape index (κ2) is 8.39. The second-order valence-corrected chi connectivity index (χ2v) is 7.46. The number of anilines is 1. The van der Waals surface area contributed by atoms with Crippen LogP contribution < -0.4 is 4.90 Å². The van der Waals surface area contributed by atoms with Crippen LogP contribution in [0.15, 0.2) is 64.2 Å². The summed E-state index contributed by atoms with van der Waals surface area (Å²) in [7, 11) is 0. The Morgan fingerprint density at radius 2 is 1.86 bits per heavy atom. The average Bonchev–Trinajstić information content (AvgIpc) is 3.36. The fraction of sp³-hybridized carbons (Fsp3) is 0.238. The Hall–Kier alpha value is -2.93. The summed E-state index contributed by atoms with van der Waals surface area (Å²) in [6.07, 6.45) is 2.04. The Balaban J connectivity index is 1.32. The van der Waals surface area contributed by atoms with Gasteiger partial charge in [-0.25, -0.2) is 0 Å². The number of hydrogen-bond donors (Lipinski definition) is 0. The topological polar surface area (TPSA) is 76.3 Å². The fourth-order valence-electron chi connectivity index (χ4n) is 3.10. The van der Waals surface area contributed by atoms with Gasteiger partial charge in [0.15, 0.2) is 5.78 Å². The van der Waals surface area contributed by atoms with E-state index in [9.17, 15) is 9.59 Å². The summed E-state index contributed by atoms with van der Waals surface area (Å²) in [6, 6.07) is 17.1. The third-order valence-electron chi connectivity index (χ3n) is 4.55. The molecule has 1 aliphatic heterocycles. The first-order chi connectivity index (χ1) is 13.7. The van der Waals surface area contributed by atoms with Crippen molar-refractivity contribution in [2.45, 2.75) is 24.5 Å². The van der Waals surface area contributed by atoms with Crippen LogP contribution in [0.2, 0.25) is 0 Å². The van der Waals surface area contributed by atoms with Crippen LogP contribution in [0.5, 0.6) is 0 Å². The zero-order valence-electron chi connectivity index (χ0n) is 15.2. The zero-order chi connectivity index (χ0) is 19.3. The van der Waals surface area contributed by atoms with Gasteiger partial charge in [0.25, 0.3) is 5.22 Å². The molecule has 1 aromatic heterocycles. The normalized spacial score (nSPS) is 13.9. The second-order valence-electron chi connectivity index (χ2n) is 6.53. The van der Waals surface area contributed by atoms with Crippen molar-refractivity contribution in [2.24, 2.45) is 0 Å². The highest BCUT2D eigenvalue weighted by Gasteiger charge is 2.21. The molecule has 0 spiro atoms. The predicted octanol–water partition coefficient (Wildman–Crippen LogP) is 3.76. The Kier molecular flexibility index (Phi) is 5.53. The van der Waals surface area contributed by atoms with E-state index >= 15 is 0 Å². The van der Waals surface area contributed by atoms with Crippen LogP contribution in [0.3, 0.4) is 0 Å². The Labute approximate surface area is 167 Å². The van der Waals surface area contributed by atoms with E-state index in [4.69, 9.17) is 4.42 Å². The summed E-state index contributed by atoms with van der Waals surface area (Å²) in [6.45, 7) is 0.741. The first-order valence-electron chi connectivity index (χ1n) is 9.12. The van der Waals surface area contributed by atoms with Gasteiger partial charge in [-0.15, -0.1) is 10.2 Å². The average molecular weight is 393 g/mol. The number of aromatic nitrogens is 2. The van der Waals surface area contributed by atoms with Gasteiger partial charge in [0, 0.05) is 24.2 Å². The largest absolute Gasteiger partial charge is 0.416 e. The van der Waals surface area contributed by atoms with Gasteiger partial charge in [0.2, 0.25) is 11.8 Å². The molecule has 6 nitrogen and oxygen atoms in total. The minimum absolute atomic E-state index is 0.0212. The van der Waals surface area contributed by atoms with Crippen molar-refractivity contribution in [3.05, 3.63) is 71.6 Å². The summed E-state index contributed by atoms with van der Waals surface area (Å²) < 4.78 is 5.62. The van der Waals surface area contributed by atoms with Gasteiger partial charge in [0.1, 0.15) is 0 Å². The number of thioether (sulfide) groups is 1. The summed E-state index contributed by atoms with van der Waals surface area (Å²) >= 11 is 1.23. The monoisotopic (exact) mass is 393 g/mol. The minimum Gasteiger partial charge on any atom is -0.416 e. The summed E-state index contributed by atoms with van der Waals surface area (Å²) in [5.41, 5.74) is 2.54. The highest BCUT2D eigenvalue weighted by molar-refractivity contribution is 7.99. The number of benzene rings is 2. The maximum atomic E-state index is 12.4. The summed E-state index contributed by atoms with van der Waals surface area (Å²) in [5, 5.41) is 8.43. The molecule has 7 heteroatoms. The Morgan fingerprint density at radius 1 is 1.07 bits per heavy atom. The lowest BCUT2D eigenvalue weighted by atomic mass is 10.1. The Bertz CT molecular complexity index is 970. The molecule has 0 aliphatic carbocycles. The molecular weight excluding hydrogens is 374 g/mol. The van der Waals surface area contributed by atoms with E-state index in [-0.39, 0.29) is 17.4 Å². The molecule has 3 aromatic rings. The highest BCUT2D eigenvalue weighted by atomic mass is 32.2. The number of carbonyl (C=O) groups excluding carboxylic acids is 2. The van der Waals surface area contributed by atoms with Crippen LogP contribution in [-0.2, 0) is 11.2 Å². The van der Waals surface area contributed by atoms with Crippen molar-refractivity contribution in [2.75, 3.05) is 17.2 Å². The lowest BCUT2D eigenvalue weighted by Crippen LogP contribution is -2.23. The van der Waals surface area contributed by atoms with Gasteiger partial charge < -0.3 is 9.32 Å². The number of ketones is 1. The molecule has 0 N–H and O–H groups in total. The molecule has 2 heterocycles. The van der Waals surface area contributed by atoms with Crippen molar-refractivity contribution in [1.29, 1.82) is 0 Å². The maximum Gasteiger partial charge on any atom is 0.277 e. The number of nitrogens with zero attached hydrogens (tertiary/aromatic N) is 3. The van der Waals surface area contributed by atoms with E-state index in [0.717, 1.165) is 24.2 Å². The van der Waals surface area contributed by atoms with Crippen molar-refractivity contribution >= 4 is 29.1 Å². The van der Waals surface area contributed by atoms with Gasteiger partial charge in [-0.1, -0.05) is 42.1 Å². The number of amides is 1. The van der Waals surface area contributed by atoms with Crippen molar-refractivity contribution < 1.29 is 14.0 Å². The SMILES string of the molecule is O=C(CSc1nnc(Cc2ccccc2)o1)c1ccc(N2CCCC2=O)cc1. The Morgan fingerprint density at radius 3 is 2.57 bits per heavy atom. The maximum absolute atomic E-state index is 12.4. The fourth-order valence-corrected chi connectivity index (χ4v) is 3.77. The van der Waals surface area contributed by atoms with E-state index in [1.165, 1.54) is 11.8 Å². The molecule has 0 saturated carbocycles. The third kappa shape index (κ3) is 4.31. The molecule has 0 atom stereocenters. The van der Waals surface area contributed by atoms with Crippen LogP contribution in [0.25, 0.3) is 0 Å². The molecular formula is C21H19N3O3S. The molecule has 0 radical (unpaired) electrons. The van der Waals surface area contributed by atoms with Crippen molar-refractivity contribution in [3.8, 4) is 0 Å². The van der Waals surface area contributed by atoms with Gasteiger partial charge in [-0.3, -0.25) is 9.59 Å². The molecule has 1 aliphatic rings. The van der Waals surface area contributed by atoms with Crippen LogP contribution in [0.1, 0.15) is 34.7 Å². The smallest absolute Gasteiger partial charge is 0.277 e. The summed E-state index contributed by atoms with van der Waals surface area (Å²) in [4.78, 5) is 26.0. The highest BCUT2D eigenvalue weighted by Crippen LogP contribution is 2.23. The standard InChI is InChI=1S/C21H19N3O3S/c25-18(16-8-10-17(11-9-16)24-12-4-7-20(24)26)14-28-21-23-22-19(27-21)13-15-5-2-1-3-6-15/h1-3,5-6,8-11H,4,7,12-14H2. The van der Waals surface area contributed by atoms with Crippen LogP contribution >= 0.6 is 11.8 Å². The molecule has 0 bridgehead atoms. The predicted molar refractivity (Wildman–Crippen MR) is 107 cm³/mol. The lowest BCUT2D eigenvalue weighted by Gasteiger charge is -2.15. The first-order valence-corrected chi connectivity index (χ1v) is 10.1. The number of carbonyl (C=O) groups is 2. The minimum atomic E-state index is -0.0212. The van der Waals surface area contributed by atoms with Gasteiger partial charge in [-0.2, -0.15) is 0 Å². The van der Waals surface area contributed by atoms with Crippen LogP contribution in [0, 0.1) is 0 Å². The molecule has 142 valence electrons. The van der Waals surface area contributed by atoms with Crippen molar-refractivity contribution in [3.63, 3.8) is 0 Å². The molecule has 1 saturated heterocycles. The summed E-state index contributed by atoms with van der Waals surface area (Å²) in [5.74, 6) is 0.861. The van der Waals surface area contributed by atoms with E-state index < -0.39 is 0 Å². The molecule has 1 amide bonds. The van der Waals surface area contributed by atoms with Crippen LogP contribution in [-0.4, -0.2) is 34.2 Å². The van der Waals surface area contributed by atoms with E-state index in [0.29, 0.717) is 29.5 Å². The lowest BCUT2D eigenvalue weighted by molar-refractivity contribution is -0.117. The first kappa shape index (κ1) is 18.4.